The van der Waals surface area contributed by atoms with E-state index in [4.69, 9.17) is 21.1 Å². The van der Waals surface area contributed by atoms with E-state index < -0.39 is 68.9 Å². The molecule has 0 radical (unpaired) electrons. The molecule has 1 unspecified atom stereocenters. The Bertz CT molecular complexity index is 1330. The molecule has 0 bridgehead atoms. The van der Waals surface area contributed by atoms with E-state index in [1.807, 2.05) is 4.98 Å². The predicted molar refractivity (Wildman–Crippen MR) is 115 cm³/mol. The van der Waals surface area contributed by atoms with Crippen LogP contribution in [0.5, 0.6) is 0 Å². The minimum absolute atomic E-state index is 0.186. The molecular formula is C20H16ClF5N2O5S. The number of aromatic nitrogens is 2. The van der Waals surface area contributed by atoms with Crippen LogP contribution < -0.4 is 11.2 Å². The van der Waals surface area contributed by atoms with Gasteiger partial charge in [-0.3, -0.25) is 9.78 Å². The Balaban J connectivity index is 2.39. The molecule has 3 rings (SSSR count). The number of rotatable bonds is 8. The number of H-pyrrole nitrogens is 2. The molecular weight excluding hydrogens is 511 g/mol. The van der Waals surface area contributed by atoms with Crippen molar-refractivity contribution in [1.82, 2.24) is 9.97 Å². The van der Waals surface area contributed by atoms with Crippen molar-refractivity contribution in [3.8, 4) is 11.1 Å². The molecule has 0 spiro atoms. The van der Waals surface area contributed by atoms with Crippen molar-refractivity contribution < 1.29 is 36.5 Å². The zero-order chi connectivity index (χ0) is 25.2. The van der Waals surface area contributed by atoms with Crippen LogP contribution in [-0.2, 0) is 15.7 Å². The minimum Gasteiger partial charge on any atom is -0.394 e. The standard InChI is InChI=1S/C20H16ClF5N2O5S/c1-32-7-33-8(5-29)6-34-17-15(9-3-12(21)14(23)4-13(9)22)11(20(24,25)26)2-10-16(17)27-19(31)28-18(10)30/h2-4,8,29H,5-7H2,1H3,(H2,27,28,30,31). The number of benzene rings is 2. The van der Waals surface area contributed by atoms with Gasteiger partial charge in [0.15, 0.2) is 0 Å². The van der Waals surface area contributed by atoms with E-state index in [2.05, 4.69) is 4.98 Å². The van der Waals surface area contributed by atoms with Gasteiger partial charge in [0.25, 0.3) is 5.56 Å². The summed E-state index contributed by atoms with van der Waals surface area (Å²) in [4.78, 5) is 28.0. The summed E-state index contributed by atoms with van der Waals surface area (Å²) in [5.74, 6) is -2.73. The molecule has 0 aliphatic rings. The molecule has 3 aromatic rings. The number of halogens is 6. The van der Waals surface area contributed by atoms with Crippen molar-refractivity contribution in [3.63, 3.8) is 0 Å². The fourth-order valence-electron chi connectivity index (χ4n) is 3.12. The van der Waals surface area contributed by atoms with Crippen molar-refractivity contribution in [2.75, 3.05) is 26.3 Å². The molecule has 1 atom stereocenters. The molecule has 0 aliphatic heterocycles. The van der Waals surface area contributed by atoms with E-state index in [0.29, 0.717) is 30.0 Å². The lowest BCUT2D eigenvalue weighted by Crippen LogP contribution is -2.24. The molecule has 0 saturated carbocycles. The Morgan fingerprint density at radius 2 is 1.85 bits per heavy atom. The SMILES string of the molecule is COCOC(CO)CSc1c(-c2cc(Cl)c(F)cc2F)c(C(F)(F)F)cc2c(=O)[nH]c(=O)[nH]c12. The molecule has 1 heterocycles. The van der Waals surface area contributed by atoms with Crippen molar-refractivity contribution in [3.05, 3.63) is 61.3 Å². The number of fused-ring (bicyclic) bond motifs is 1. The van der Waals surface area contributed by atoms with Crippen LogP contribution in [0.2, 0.25) is 5.02 Å². The number of hydrogen-bond acceptors (Lipinski definition) is 6. The third kappa shape index (κ3) is 5.44. The lowest BCUT2D eigenvalue weighted by Gasteiger charge is -2.21. The fraction of sp³-hybridized carbons (Fsp3) is 0.300. The van der Waals surface area contributed by atoms with E-state index in [-0.39, 0.29) is 23.0 Å². The van der Waals surface area contributed by atoms with Gasteiger partial charge in [0, 0.05) is 35.0 Å². The highest BCUT2D eigenvalue weighted by atomic mass is 35.5. The number of thioether (sulfide) groups is 1. The average molecular weight is 527 g/mol. The molecule has 1 aromatic heterocycles. The first-order valence-electron chi connectivity index (χ1n) is 9.37. The van der Waals surface area contributed by atoms with E-state index in [1.54, 1.807) is 0 Å². The first kappa shape index (κ1) is 26.2. The molecule has 14 heteroatoms. The zero-order valence-corrected chi connectivity index (χ0v) is 18.8. The van der Waals surface area contributed by atoms with Gasteiger partial charge in [-0.1, -0.05) is 11.6 Å². The maximum Gasteiger partial charge on any atom is 0.417 e. The van der Waals surface area contributed by atoms with Crippen molar-refractivity contribution in [1.29, 1.82) is 0 Å². The van der Waals surface area contributed by atoms with Crippen molar-refractivity contribution >= 4 is 34.3 Å². The molecule has 34 heavy (non-hydrogen) atoms. The van der Waals surface area contributed by atoms with Crippen LogP contribution in [0.1, 0.15) is 5.56 Å². The Kier molecular flexibility index (Phi) is 8.03. The van der Waals surface area contributed by atoms with Gasteiger partial charge in [0.2, 0.25) is 0 Å². The Hall–Kier alpha value is -2.45. The zero-order valence-electron chi connectivity index (χ0n) is 17.2. The van der Waals surface area contributed by atoms with Crippen LogP contribution in [0.3, 0.4) is 0 Å². The minimum atomic E-state index is -5.09. The number of hydrogen-bond donors (Lipinski definition) is 3. The second-order valence-corrected chi connectivity index (χ2v) is 8.33. The highest BCUT2D eigenvalue weighted by Gasteiger charge is 2.37. The molecule has 0 saturated heterocycles. The van der Waals surface area contributed by atoms with E-state index in [9.17, 15) is 36.6 Å². The summed E-state index contributed by atoms with van der Waals surface area (Å²) in [6.07, 6.45) is -6.02. The first-order valence-corrected chi connectivity index (χ1v) is 10.7. The summed E-state index contributed by atoms with van der Waals surface area (Å²) in [5.41, 5.74) is -5.33. The summed E-state index contributed by atoms with van der Waals surface area (Å²) < 4.78 is 80.7. The molecule has 0 aliphatic carbocycles. The van der Waals surface area contributed by atoms with Crippen LogP contribution in [0.25, 0.3) is 22.0 Å². The van der Waals surface area contributed by atoms with E-state index in [1.165, 1.54) is 7.11 Å². The molecule has 7 nitrogen and oxygen atoms in total. The smallest absolute Gasteiger partial charge is 0.394 e. The third-order valence-electron chi connectivity index (χ3n) is 4.62. The summed E-state index contributed by atoms with van der Waals surface area (Å²) in [6.45, 7) is -0.781. The van der Waals surface area contributed by atoms with Gasteiger partial charge in [0.1, 0.15) is 18.4 Å². The Labute approximate surface area is 196 Å². The number of ether oxygens (including phenoxy) is 2. The Morgan fingerprint density at radius 3 is 2.47 bits per heavy atom. The third-order valence-corrected chi connectivity index (χ3v) is 6.14. The number of nitrogens with one attached hydrogen (secondary N) is 2. The fourth-order valence-corrected chi connectivity index (χ4v) is 4.51. The molecule has 2 aromatic carbocycles. The summed E-state index contributed by atoms with van der Waals surface area (Å²) in [6, 6.07) is 1.48. The van der Waals surface area contributed by atoms with Crippen LogP contribution in [0.4, 0.5) is 22.0 Å². The van der Waals surface area contributed by atoms with Crippen LogP contribution >= 0.6 is 23.4 Å². The molecule has 0 amide bonds. The molecule has 184 valence electrons. The topological polar surface area (TPSA) is 104 Å². The van der Waals surface area contributed by atoms with Gasteiger partial charge in [-0.15, -0.1) is 11.8 Å². The van der Waals surface area contributed by atoms with Crippen molar-refractivity contribution in [2.24, 2.45) is 0 Å². The van der Waals surface area contributed by atoms with Crippen molar-refractivity contribution in [2.45, 2.75) is 17.2 Å². The van der Waals surface area contributed by atoms with Gasteiger partial charge >= 0.3 is 11.9 Å². The number of aromatic amines is 2. The number of aliphatic hydroxyl groups excluding tert-OH is 1. The number of methoxy groups -OCH3 is 1. The largest absolute Gasteiger partial charge is 0.417 e. The van der Waals surface area contributed by atoms with E-state index in [0.717, 1.165) is 0 Å². The number of alkyl halides is 3. The highest BCUT2D eigenvalue weighted by Crippen LogP contribution is 2.46. The summed E-state index contributed by atoms with van der Waals surface area (Å²) >= 11 is 6.37. The summed E-state index contributed by atoms with van der Waals surface area (Å²) in [7, 11) is 1.32. The monoisotopic (exact) mass is 526 g/mol. The van der Waals surface area contributed by atoms with Gasteiger partial charge in [-0.05, 0) is 12.1 Å². The lowest BCUT2D eigenvalue weighted by atomic mass is 9.96. The van der Waals surface area contributed by atoms with E-state index >= 15 is 0 Å². The highest BCUT2D eigenvalue weighted by molar-refractivity contribution is 7.99. The average Bonchev–Trinajstić information content (AvgIpc) is 2.75. The lowest BCUT2D eigenvalue weighted by molar-refractivity contribution is -0.137. The maximum atomic E-state index is 14.8. The quantitative estimate of drug-likeness (QED) is 0.178. The van der Waals surface area contributed by atoms with Gasteiger partial charge in [0.05, 0.1) is 34.2 Å². The van der Waals surface area contributed by atoms with Crippen LogP contribution in [-0.4, -0.2) is 47.4 Å². The van der Waals surface area contributed by atoms with Gasteiger partial charge < -0.3 is 19.6 Å². The van der Waals surface area contributed by atoms with Gasteiger partial charge in [-0.25, -0.2) is 13.6 Å². The molecule has 0 fully saturated rings. The normalized spacial score (nSPS) is 12.9. The molecule has 3 N–H and O–H groups in total. The maximum absolute atomic E-state index is 14.8. The van der Waals surface area contributed by atoms with Gasteiger partial charge in [-0.2, -0.15) is 13.2 Å². The first-order chi connectivity index (χ1) is 16.0. The summed E-state index contributed by atoms with van der Waals surface area (Å²) in [5, 5.41) is 8.34. The van der Waals surface area contributed by atoms with Crippen LogP contribution in [0, 0.1) is 11.6 Å². The Morgan fingerprint density at radius 1 is 1.15 bits per heavy atom. The van der Waals surface area contributed by atoms with Crippen LogP contribution in [0.15, 0.2) is 32.7 Å². The second-order valence-electron chi connectivity index (χ2n) is 6.89. The second kappa shape index (κ2) is 10.4. The number of aliphatic hydroxyl groups is 1. The predicted octanol–water partition coefficient (Wildman–Crippen LogP) is 3.91.